The van der Waals surface area contributed by atoms with Crippen LogP contribution in [0.5, 0.6) is 0 Å². The molecule has 3 heterocycles. The minimum atomic E-state index is 0.288. The van der Waals surface area contributed by atoms with E-state index in [0.29, 0.717) is 12.3 Å². The zero-order valence-electron chi connectivity index (χ0n) is 16.1. The number of carbonyl (C=O) groups is 1. The van der Waals surface area contributed by atoms with E-state index in [-0.39, 0.29) is 5.91 Å². The van der Waals surface area contributed by atoms with Crippen LogP contribution in [0, 0.1) is 6.92 Å². The van der Waals surface area contributed by atoms with E-state index in [1.54, 1.807) is 0 Å². The van der Waals surface area contributed by atoms with E-state index >= 15 is 0 Å². The van der Waals surface area contributed by atoms with Crippen LogP contribution in [0.2, 0.25) is 0 Å². The van der Waals surface area contributed by atoms with Gasteiger partial charge in [-0.2, -0.15) is 0 Å². The highest BCUT2D eigenvalue weighted by atomic mass is 16.2. The Balaban J connectivity index is 1.44. The van der Waals surface area contributed by atoms with Crippen molar-refractivity contribution >= 4 is 5.91 Å². The molecule has 1 aliphatic heterocycles. The highest BCUT2D eigenvalue weighted by Gasteiger charge is 2.26. The van der Waals surface area contributed by atoms with Gasteiger partial charge in [0.25, 0.3) is 0 Å². The summed E-state index contributed by atoms with van der Waals surface area (Å²) in [6.07, 6.45) is 13.7. The van der Waals surface area contributed by atoms with Gasteiger partial charge < -0.3 is 14.0 Å². The molecule has 1 aliphatic rings. The first-order valence-corrected chi connectivity index (χ1v) is 9.95. The van der Waals surface area contributed by atoms with Crippen molar-refractivity contribution < 1.29 is 4.79 Å². The van der Waals surface area contributed by atoms with Gasteiger partial charge in [-0.1, -0.05) is 13.3 Å². The van der Waals surface area contributed by atoms with E-state index in [1.165, 1.54) is 18.7 Å². The lowest BCUT2D eigenvalue weighted by molar-refractivity contribution is -0.132. The molecule has 0 unspecified atom stereocenters. The summed E-state index contributed by atoms with van der Waals surface area (Å²) in [5.74, 6) is 2.99. The zero-order valence-corrected chi connectivity index (χ0v) is 16.1. The number of nitrogens with zero attached hydrogens (tertiary/aromatic N) is 5. The molecule has 6 heteroatoms. The van der Waals surface area contributed by atoms with Gasteiger partial charge in [-0.25, -0.2) is 9.97 Å². The molecule has 142 valence electrons. The quantitative estimate of drug-likeness (QED) is 0.728. The number of unbranched alkanes of at least 4 members (excludes halogenated alkanes) is 1. The van der Waals surface area contributed by atoms with Crippen LogP contribution in [0.3, 0.4) is 0 Å². The first-order chi connectivity index (χ1) is 12.7. The molecule has 1 fully saturated rings. The van der Waals surface area contributed by atoms with Crippen LogP contribution in [-0.4, -0.2) is 43.0 Å². The van der Waals surface area contributed by atoms with Crippen molar-refractivity contribution in [2.75, 3.05) is 13.1 Å². The monoisotopic (exact) mass is 357 g/mol. The molecule has 2 aromatic heterocycles. The summed E-state index contributed by atoms with van der Waals surface area (Å²) in [5, 5.41) is 0. The van der Waals surface area contributed by atoms with Gasteiger partial charge in [0.2, 0.25) is 5.91 Å². The average molecular weight is 358 g/mol. The second-order valence-electron chi connectivity index (χ2n) is 7.26. The Hall–Kier alpha value is -2.11. The van der Waals surface area contributed by atoms with Crippen molar-refractivity contribution in [2.45, 2.75) is 71.4 Å². The topological polar surface area (TPSA) is 56.0 Å². The molecule has 0 spiro atoms. The number of carbonyl (C=O) groups excluding carboxylic acids is 1. The molecule has 0 aromatic carbocycles. The molecule has 0 saturated carbocycles. The van der Waals surface area contributed by atoms with Gasteiger partial charge in [0.1, 0.15) is 11.6 Å². The summed E-state index contributed by atoms with van der Waals surface area (Å²) in [7, 11) is 0. The lowest BCUT2D eigenvalue weighted by Gasteiger charge is -2.32. The molecular formula is C20H31N5O. The molecule has 1 amide bonds. The van der Waals surface area contributed by atoms with Gasteiger partial charge >= 0.3 is 0 Å². The third-order valence-electron chi connectivity index (χ3n) is 5.43. The van der Waals surface area contributed by atoms with Crippen molar-refractivity contribution in [2.24, 2.45) is 0 Å². The number of hydrogen-bond donors (Lipinski definition) is 0. The summed E-state index contributed by atoms with van der Waals surface area (Å²) >= 11 is 0. The number of hydrogen-bond acceptors (Lipinski definition) is 3. The van der Waals surface area contributed by atoms with Gasteiger partial charge in [-0.05, 0) is 32.6 Å². The largest absolute Gasteiger partial charge is 0.343 e. The Bertz CT molecular complexity index is 697. The Kier molecular flexibility index (Phi) is 6.47. The zero-order chi connectivity index (χ0) is 18.4. The van der Waals surface area contributed by atoms with Crippen LogP contribution in [-0.2, 0) is 17.9 Å². The van der Waals surface area contributed by atoms with Crippen molar-refractivity contribution in [1.82, 2.24) is 24.0 Å². The fourth-order valence-corrected chi connectivity index (χ4v) is 3.78. The highest BCUT2D eigenvalue weighted by molar-refractivity contribution is 5.76. The number of likely N-dealkylation sites (tertiary alicyclic amines) is 1. The Morgan fingerprint density at radius 2 is 1.77 bits per heavy atom. The van der Waals surface area contributed by atoms with Crippen LogP contribution >= 0.6 is 0 Å². The predicted molar refractivity (Wildman–Crippen MR) is 102 cm³/mol. The molecule has 0 atom stereocenters. The van der Waals surface area contributed by atoms with Gasteiger partial charge in [0, 0.05) is 63.3 Å². The SMILES string of the molecule is CCCCn1ccnc1C1CCN(C(=O)CCCn2ccnc2C)CC1. The van der Waals surface area contributed by atoms with Crippen LogP contribution in [0.1, 0.15) is 63.0 Å². The van der Waals surface area contributed by atoms with E-state index in [1.807, 2.05) is 30.4 Å². The molecular weight excluding hydrogens is 326 g/mol. The van der Waals surface area contributed by atoms with Crippen LogP contribution in [0.4, 0.5) is 0 Å². The van der Waals surface area contributed by atoms with Crippen LogP contribution < -0.4 is 0 Å². The number of piperidine rings is 1. The summed E-state index contributed by atoms with van der Waals surface area (Å²) in [6, 6.07) is 0. The maximum absolute atomic E-state index is 12.5. The lowest BCUT2D eigenvalue weighted by atomic mass is 9.95. The number of aromatic nitrogens is 4. The van der Waals surface area contributed by atoms with Crippen molar-refractivity contribution in [3.63, 3.8) is 0 Å². The summed E-state index contributed by atoms with van der Waals surface area (Å²) in [6.45, 7) is 7.84. The molecule has 0 aliphatic carbocycles. The first-order valence-electron chi connectivity index (χ1n) is 9.95. The normalized spacial score (nSPS) is 15.5. The minimum absolute atomic E-state index is 0.288. The maximum Gasteiger partial charge on any atom is 0.222 e. The number of imidazole rings is 2. The van der Waals surface area contributed by atoms with Crippen molar-refractivity contribution in [3.05, 3.63) is 36.4 Å². The molecule has 26 heavy (non-hydrogen) atoms. The number of amides is 1. The maximum atomic E-state index is 12.5. The molecule has 1 saturated heterocycles. The number of rotatable bonds is 8. The fraction of sp³-hybridized carbons (Fsp3) is 0.650. The van der Waals surface area contributed by atoms with Crippen LogP contribution in [0.15, 0.2) is 24.8 Å². The van der Waals surface area contributed by atoms with Crippen LogP contribution in [0.25, 0.3) is 0 Å². The first kappa shape index (κ1) is 18.7. The average Bonchev–Trinajstić information content (AvgIpc) is 3.29. The van der Waals surface area contributed by atoms with E-state index < -0.39 is 0 Å². The molecule has 2 aromatic rings. The lowest BCUT2D eigenvalue weighted by Crippen LogP contribution is -2.38. The second kappa shape index (κ2) is 9.01. The molecule has 0 bridgehead atoms. The van der Waals surface area contributed by atoms with Gasteiger partial charge in [0.05, 0.1) is 0 Å². The second-order valence-corrected chi connectivity index (χ2v) is 7.26. The fourth-order valence-electron chi connectivity index (χ4n) is 3.78. The van der Waals surface area contributed by atoms with Gasteiger partial charge in [-0.3, -0.25) is 4.79 Å². The van der Waals surface area contributed by atoms with E-state index in [0.717, 1.165) is 51.3 Å². The van der Waals surface area contributed by atoms with E-state index in [9.17, 15) is 4.79 Å². The highest BCUT2D eigenvalue weighted by Crippen LogP contribution is 2.27. The molecule has 3 rings (SSSR count). The van der Waals surface area contributed by atoms with Crippen molar-refractivity contribution in [3.8, 4) is 0 Å². The summed E-state index contributed by atoms with van der Waals surface area (Å²) in [4.78, 5) is 23.4. The Morgan fingerprint density at radius 3 is 2.46 bits per heavy atom. The van der Waals surface area contributed by atoms with Crippen molar-refractivity contribution in [1.29, 1.82) is 0 Å². The molecule has 6 nitrogen and oxygen atoms in total. The van der Waals surface area contributed by atoms with E-state index in [2.05, 4.69) is 32.2 Å². The third kappa shape index (κ3) is 4.54. The Labute approximate surface area is 156 Å². The summed E-state index contributed by atoms with van der Waals surface area (Å²) in [5.41, 5.74) is 0. The van der Waals surface area contributed by atoms with Gasteiger partial charge in [0.15, 0.2) is 0 Å². The number of aryl methyl sites for hydroxylation is 3. The standard InChI is InChI=1S/C20H31N5O/c1-3-4-11-25-16-10-22-20(25)18-7-13-24(14-8-18)19(26)6-5-12-23-15-9-21-17(23)2/h9-10,15-16,18H,3-8,11-14H2,1-2H3. The van der Waals surface area contributed by atoms with E-state index in [4.69, 9.17) is 0 Å². The van der Waals surface area contributed by atoms with Gasteiger partial charge in [-0.15, -0.1) is 0 Å². The smallest absolute Gasteiger partial charge is 0.222 e. The predicted octanol–water partition coefficient (Wildman–Crippen LogP) is 3.37. The summed E-state index contributed by atoms with van der Waals surface area (Å²) < 4.78 is 4.41. The third-order valence-corrected chi connectivity index (χ3v) is 5.43. The minimum Gasteiger partial charge on any atom is -0.343 e. The molecule has 0 radical (unpaired) electrons. The Morgan fingerprint density at radius 1 is 1.08 bits per heavy atom. The molecule has 0 N–H and O–H groups in total.